The van der Waals surface area contributed by atoms with E-state index in [0.29, 0.717) is 18.7 Å². The molecule has 2 aliphatic rings. The molecule has 2 saturated heterocycles. The van der Waals surface area contributed by atoms with Crippen molar-refractivity contribution < 1.29 is 32.3 Å². The molecule has 2 unspecified atom stereocenters. The van der Waals surface area contributed by atoms with E-state index in [0.717, 1.165) is 30.0 Å². The zero-order valence-electron chi connectivity index (χ0n) is 18.8. The summed E-state index contributed by atoms with van der Waals surface area (Å²) in [5.41, 5.74) is 3.76. The lowest BCUT2D eigenvalue weighted by atomic mass is 10.0. The number of cyclic esters (lactones) is 1. The number of aryl methyl sites for hydroxylation is 1. The van der Waals surface area contributed by atoms with Crippen molar-refractivity contribution in [3.8, 4) is 0 Å². The molecule has 3 heterocycles. The third kappa shape index (κ3) is 4.68. The van der Waals surface area contributed by atoms with Crippen molar-refractivity contribution in [3.63, 3.8) is 0 Å². The summed E-state index contributed by atoms with van der Waals surface area (Å²) in [5.74, 6) is -0.828. The summed E-state index contributed by atoms with van der Waals surface area (Å²) in [6.07, 6.45) is 2.83. The van der Waals surface area contributed by atoms with E-state index >= 15 is 0 Å². The fraction of sp³-hybridized carbons (Fsp3) is 0.571. The number of carbonyl (C=O) groups is 2. The summed E-state index contributed by atoms with van der Waals surface area (Å²) in [7, 11) is -2.06. The van der Waals surface area contributed by atoms with E-state index in [1.54, 1.807) is 16.9 Å². The first-order valence-corrected chi connectivity index (χ1v) is 12.6. The minimum Gasteiger partial charge on any atom is -0.444 e. The van der Waals surface area contributed by atoms with Gasteiger partial charge in [0.25, 0.3) is 5.91 Å². The molecule has 180 valence electrons. The number of rotatable bonds is 7. The first-order chi connectivity index (χ1) is 15.6. The molecule has 12 heteroatoms. The van der Waals surface area contributed by atoms with E-state index < -0.39 is 39.0 Å². The number of aromatic nitrogens is 2. The Bertz CT molecular complexity index is 1160. The predicted octanol–water partition coefficient (Wildman–Crippen LogP) is 1.67. The summed E-state index contributed by atoms with van der Waals surface area (Å²) in [6.45, 7) is 1.93. The molecule has 2 fully saturated rings. The van der Waals surface area contributed by atoms with Crippen molar-refractivity contribution in [2.75, 3.05) is 24.3 Å². The van der Waals surface area contributed by atoms with Crippen molar-refractivity contribution in [2.24, 2.45) is 7.05 Å². The number of sulfone groups is 1. The Kier molecular flexibility index (Phi) is 6.34. The number of hydrogen-bond donors (Lipinski definition) is 1. The number of ether oxygens (including phenoxy) is 2. The Labute approximate surface area is 191 Å². The van der Waals surface area contributed by atoms with E-state index in [1.165, 1.54) is 11.8 Å². The molecular weight excluding hydrogens is 452 g/mol. The molecule has 2 aromatic rings. The van der Waals surface area contributed by atoms with Gasteiger partial charge in [0.2, 0.25) is 0 Å². The minimum atomic E-state index is -3.88. The highest BCUT2D eigenvalue weighted by Gasteiger charge is 2.48. The Morgan fingerprint density at radius 3 is 2.85 bits per heavy atom. The van der Waals surface area contributed by atoms with Crippen LogP contribution in [0.2, 0.25) is 0 Å². The monoisotopic (exact) mass is 480 g/mol. The van der Waals surface area contributed by atoms with E-state index in [1.807, 2.05) is 19.2 Å². The number of amides is 2. The summed E-state index contributed by atoms with van der Waals surface area (Å²) in [6, 6.07) is 5.43. The van der Waals surface area contributed by atoms with E-state index in [9.17, 15) is 18.0 Å². The van der Waals surface area contributed by atoms with Crippen LogP contribution in [0.25, 0.3) is 10.9 Å². The molecule has 11 nitrogen and oxygen atoms in total. The molecule has 1 aromatic carbocycles. The van der Waals surface area contributed by atoms with Crippen LogP contribution in [0.1, 0.15) is 32.6 Å². The van der Waals surface area contributed by atoms with Crippen molar-refractivity contribution in [2.45, 2.75) is 49.7 Å². The van der Waals surface area contributed by atoms with Crippen LogP contribution in [0, 0.1) is 0 Å². The van der Waals surface area contributed by atoms with Gasteiger partial charge in [-0.1, -0.05) is 0 Å². The molecular formula is C21H28N4O7S. The lowest BCUT2D eigenvalue weighted by molar-refractivity contribution is -0.201. The second-order valence-corrected chi connectivity index (χ2v) is 11.1. The molecule has 0 bridgehead atoms. The van der Waals surface area contributed by atoms with Crippen LogP contribution in [0.15, 0.2) is 24.4 Å². The number of nitrogens with zero attached hydrogens (tertiary/aromatic N) is 3. The van der Waals surface area contributed by atoms with Gasteiger partial charge in [-0.15, -0.1) is 0 Å². The van der Waals surface area contributed by atoms with Crippen LogP contribution < -0.4 is 10.4 Å². The molecule has 1 aromatic heterocycles. The third-order valence-corrected chi connectivity index (χ3v) is 8.24. The fourth-order valence-corrected chi connectivity index (χ4v) is 4.90. The van der Waals surface area contributed by atoms with Gasteiger partial charge in [0.1, 0.15) is 6.10 Å². The number of benzene rings is 1. The summed E-state index contributed by atoms with van der Waals surface area (Å²) in [5, 5.41) is 5.05. The Hall–Kier alpha value is -2.70. The molecule has 0 radical (unpaired) electrons. The van der Waals surface area contributed by atoms with Crippen LogP contribution >= 0.6 is 0 Å². The number of anilines is 1. The SMILES string of the molecule is Cn1ncc2cc(N3C[C@H](CC(C)(C(=O)NOC4CCCCO4)S(C)(=O)=O)OC3=O)ccc21. The Morgan fingerprint density at radius 2 is 2.15 bits per heavy atom. The van der Waals surface area contributed by atoms with Gasteiger partial charge in [0.15, 0.2) is 20.9 Å². The van der Waals surface area contributed by atoms with Crippen LogP contribution in [-0.4, -0.2) is 66.7 Å². The summed E-state index contributed by atoms with van der Waals surface area (Å²) in [4.78, 5) is 32.2. The minimum absolute atomic E-state index is 0.107. The zero-order chi connectivity index (χ0) is 23.8. The van der Waals surface area contributed by atoms with Gasteiger partial charge in [0, 0.05) is 43.8 Å². The topological polar surface area (TPSA) is 129 Å². The highest BCUT2D eigenvalue weighted by Crippen LogP contribution is 2.31. The van der Waals surface area contributed by atoms with Crippen LogP contribution in [0.4, 0.5) is 10.5 Å². The first-order valence-electron chi connectivity index (χ1n) is 10.8. The quantitative estimate of drug-likeness (QED) is 0.593. The lowest BCUT2D eigenvalue weighted by Crippen LogP contribution is -2.53. The van der Waals surface area contributed by atoms with Gasteiger partial charge in [-0.2, -0.15) is 5.10 Å². The maximum absolute atomic E-state index is 12.9. The van der Waals surface area contributed by atoms with Gasteiger partial charge in [-0.05, 0) is 38.0 Å². The summed E-state index contributed by atoms with van der Waals surface area (Å²) >= 11 is 0. The third-order valence-electron chi connectivity index (χ3n) is 6.25. The second kappa shape index (κ2) is 8.92. The second-order valence-electron chi connectivity index (χ2n) is 8.68. The van der Waals surface area contributed by atoms with Gasteiger partial charge in [0.05, 0.1) is 18.3 Å². The largest absolute Gasteiger partial charge is 0.444 e. The van der Waals surface area contributed by atoms with E-state index in [-0.39, 0.29) is 13.0 Å². The molecule has 33 heavy (non-hydrogen) atoms. The average molecular weight is 481 g/mol. The number of carbonyl (C=O) groups excluding carboxylic acids is 2. The van der Waals surface area contributed by atoms with Crippen molar-refractivity contribution in [1.82, 2.24) is 15.3 Å². The maximum atomic E-state index is 12.9. The van der Waals surface area contributed by atoms with Crippen LogP contribution in [0.3, 0.4) is 0 Å². The number of fused-ring (bicyclic) bond motifs is 1. The molecule has 1 N–H and O–H groups in total. The van der Waals surface area contributed by atoms with Crippen LogP contribution in [0.5, 0.6) is 0 Å². The molecule has 4 rings (SSSR count). The standard InChI is InChI=1S/C21H28N4O7S/c1-21(33(3,28)29,19(26)23-32-18-6-4-5-9-30-18)11-16-13-25(20(27)31-16)15-7-8-17-14(10-15)12-22-24(17)2/h7-8,10,12,16,18H,4-6,9,11,13H2,1-3H3,(H,23,26)/t16-,18?,21?/m0/s1. The Balaban J connectivity index is 1.47. The Morgan fingerprint density at radius 1 is 1.36 bits per heavy atom. The van der Waals surface area contributed by atoms with Gasteiger partial charge >= 0.3 is 6.09 Å². The summed E-state index contributed by atoms with van der Waals surface area (Å²) < 4.78 is 35.9. The van der Waals surface area contributed by atoms with Crippen molar-refractivity contribution >= 4 is 38.4 Å². The molecule has 3 atom stereocenters. The number of nitrogens with one attached hydrogen (secondary N) is 1. The van der Waals surface area contributed by atoms with Crippen LogP contribution in [-0.2, 0) is 36.0 Å². The maximum Gasteiger partial charge on any atom is 0.414 e. The average Bonchev–Trinajstić information content (AvgIpc) is 3.33. The fourth-order valence-electron chi connectivity index (χ4n) is 4.04. The number of hydrogen-bond acceptors (Lipinski definition) is 8. The van der Waals surface area contributed by atoms with Crippen molar-refractivity contribution in [3.05, 3.63) is 24.4 Å². The zero-order valence-corrected chi connectivity index (χ0v) is 19.6. The van der Waals surface area contributed by atoms with Gasteiger partial charge < -0.3 is 9.47 Å². The highest BCUT2D eigenvalue weighted by molar-refractivity contribution is 7.92. The lowest BCUT2D eigenvalue weighted by Gasteiger charge is -2.29. The molecule has 2 amide bonds. The number of hydroxylamine groups is 1. The predicted molar refractivity (Wildman–Crippen MR) is 119 cm³/mol. The molecule has 2 aliphatic heterocycles. The van der Waals surface area contributed by atoms with Crippen molar-refractivity contribution in [1.29, 1.82) is 0 Å². The first kappa shape index (κ1) is 23.5. The molecule has 0 spiro atoms. The highest BCUT2D eigenvalue weighted by atomic mass is 32.2. The van der Waals surface area contributed by atoms with Gasteiger partial charge in [-0.25, -0.2) is 23.5 Å². The smallest absolute Gasteiger partial charge is 0.414 e. The van der Waals surface area contributed by atoms with E-state index in [2.05, 4.69) is 10.6 Å². The molecule has 0 saturated carbocycles. The van der Waals surface area contributed by atoms with E-state index in [4.69, 9.17) is 14.3 Å². The normalized spacial score (nSPS) is 23.4. The van der Waals surface area contributed by atoms with Gasteiger partial charge in [-0.3, -0.25) is 14.4 Å². The molecule has 0 aliphatic carbocycles.